The minimum absolute atomic E-state index is 0.00223. The van der Waals surface area contributed by atoms with Crippen molar-refractivity contribution in [2.75, 3.05) is 0 Å². The van der Waals surface area contributed by atoms with E-state index in [-0.39, 0.29) is 11.0 Å². The molecule has 11 heteroatoms. The maximum atomic E-state index is 11.1. The van der Waals surface area contributed by atoms with Gasteiger partial charge in [0, 0.05) is 22.1 Å². The highest BCUT2D eigenvalue weighted by molar-refractivity contribution is 7.46. The fraction of sp³-hybridized carbons (Fsp3) is 0. The number of phosphoric acid groups is 1. The predicted octanol–water partition coefficient (Wildman–Crippen LogP) is 1.29. The number of hydrogen-bond acceptors (Lipinski definition) is 6. The van der Waals surface area contributed by atoms with Crippen molar-refractivity contribution in [3.05, 3.63) is 34.7 Å². The minimum atomic E-state index is -4.89. The molecule has 9 nitrogen and oxygen atoms in total. The van der Waals surface area contributed by atoms with E-state index < -0.39 is 33.2 Å². The van der Waals surface area contributed by atoms with Gasteiger partial charge in [-0.15, -0.1) is 4.89 Å². The first-order valence-electron chi connectivity index (χ1n) is 4.92. The monoisotopic (exact) mass is 321 g/mol. The molecule has 1 aromatic carbocycles. The van der Waals surface area contributed by atoms with Gasteiger partial charge in [0.25, 0.3) is 0 Å². The Bertz CT molecular complexity index is 775. The van der Waals surface area contributed by atoms with Crippen LogP contribution in [0.25, 0.3) is 11.0 Å². The first-order valence-corrected chi connectivity index (χ1v) is 7.58. The molecule has 1 aromatic heterocycles. The average molecular weight is 321 g/mol. The molecule has 20 heavy (non-hydrogen) atoms. The van der Waals surface area contributed by atoms with Crippen molar-refractivity contribution in [3.63, 3.8) is 0 Å². The van der Waals surface area contributed by atoms with Gasteiger partial charge < -0.3 is 8.94 Å². The molecule has 0 aliphatic carbocycles. The second-order valence-corrected chi connectivity index (χ2v) is 5.32. The zero-order valence-electron chi connectivity index (χ0n) is 9.49. The maximum absolute atomic E-state index is 11.1. The molecule has 3 N–H and O–H groups in total. The van der Waals surface area contributed by atoms with Crippen molar-refractivity contribution in [1.29, 1.82) is 0 Å². The van der Waals surface area contributed by atoms with E-state index in [9.17, 15) is 13.9 Å². The summed E-state index contributed by atoms with van der Waals surface area (Å²) in [6, 6.07) is 4.55. The van der Waals surface area contributed by atoms with Crippen molar-refractivity contribution >= 4 is 27.0 Å². The van der Waals surface area contributed by atoms with Gasteiger partial charge in [-0.05, 0) is 12.1 Å². The van der Waals surface area contributed by atoms with Gasteiger partial charge in [-0.2, -0.15) is 0 Å². The Hall–Kier alpha value is -1.76. The predicted molar refractivity (Wildman–Crippen MR) is 65.6 cm³/mol. The molecule has 2 rings (SSSR count). The van der Waals surface area contributed by atoms with Crippen LogP contribution in [0.5, 0.6) is 11.5 Å². The molecule has 0 bridgehead atoms. The lowest BCUT2D eigenvalue weighted by molar-refractivity contribution is 0.279. The lowest BCUT2D eigenvalue weighted by Gasteiger charge is -2.08. The molecule has 1 atom stereocenters. The quantitative estimate of drug-likeness (QED) is 0.560. The van der Waals surface area contributed by atoms with Gasteiger partial charge in [0.05, 0.1) is 0 Å². The average Bonchev–Trinajstić information content (AvgIpc) is 2.27. The third-order valence-corrected chi connectivity index (χ3v) is 2.87. The van der Waals surface area contributed by atoms with E-state index >= 15 is 0 Å². The fourth-order valence-corrected chi connectivity index (χ4v) is 2.14. The zero-order valence-corrected chi connectivity index (χ0v) is 11.3. The van der Waals surface area contributed by atoms with E-state index in [1.165, 1.54) is 6.07 Å². The summed E-state index contributed by atoms with van der Waals surface area (Å²) in [5.74, 6) is -0.907. The number of fused-ring (bicyclic) bond motifs is 1. The highest BCUT2D eigenvalue weighted by Crippen LogP contribution is 2.45. The molecular weight excluding hydrogens is 314 g/mol. The summed E-state index contributed by atoms with van der Waals surface area (Å²) in [4.78, 5) is 37.3. The van der Waals surface area contributed by atoms with Crippen molar-refractivity contribution in [2.45, 2.75) is 0 Å². The van der Waals surface area contributed by atoms with Crippen LogP contribution in [0.3, 0.4) is 0 Å². The van der Waals surface area contributed by atoms with Gasteiger partial charge in [-0.1, -0.05) is 0 Å². The van der Waals surface area contributed by atoms with E-state index in [0.717, 1.165) is 18.2 Å². The number of benzene rings is 1. The summed E-state index contributed by atoms with van der Waals surface area (Å²) in [6.45, 7) is 0. The highest BCUT2D eigenvalue weighted by atomic mass is 31.2. The van der Waals surface area contributed by atoms with Crippen molar-refractivity contribution in [3.8, 4) is 11.5 Å². The smallest absolute Gasteiger partial charge is 0.423 e. The normalized spacial score (nSPS) is 12.2. The van der Waals surface area contributed by atoms with E-state index in [1.54, 1.807) is 0 Å². The molecular formula is C9H7O9P2+. The Kier molecular flexibility index (Phi) is 3.89. The zero-order chi connectivity index (χ0) is 14.9. The van der Waals surface area contributed by atoms with Gasteiger partial charge >= 0.3 is 21.7 Å². The van der Waals surface area contributed by atoms with Crippen molar-refractivity contribution in [1.82, 2.24) is 0 Å². The number of phosphoric ester groups is 1. The first-order chi connectivity index (χ1) is 9.24. The molecule has 0 aliphatic heterocycles. The molecule has 0 aliphatic rings. The standard InChI is InChI=1S/C9H6O9P2/c10-9-2-1-5-3-8(18-20(13,14)15)7(17-19(11)12)4-6(5)16-9/h1-4H,(H2-,11,12,13,14,15)/p+1. The first kappa shape index (κ1) is 14.6. The summed E-state index contributed by atoms with van der Waals surface area (Å²) in [5.41, 5.74) is -0.664. The van der Waals surface area contributed by atoms with Crippen LogP contribution in [0.1, 0.15) is 0 Å². The van der Waals surface area contributed by atoms with Crippen LogP contribution >= 0.6 is 16.1 Å². The SMILES string of the molecule is O=c1ccc2cc(OP(=O)(O)O)c(O[P+](=O)O)cc2o1. The van der Waals surface area contributed by atoms with Crippen LogP contribution in [0.4, 0.5) is 0 Å². The van der Waals surface area contributed by atoms with Crippen LogP contribution < -0.4 is 14.7 Å². The van der Waals surface area contributed by atoms with E-state index in [1.807, 2.05) is 0 Å². The van der Waals surface area contributed by atoms with Gasteiger partial charge in [0.1, 0.15) is 5.58 Å². The molecule has 0 saturated heterocycles. The molecule has 106 valence electrons. The molecule has 0 spiro atoms. The Morgan fingerprint density at radius 2 is 1.90 bits per heavy atom. The molecule has 2 aromatic rings. The second kappa shape index (κ2) is 5.32. The van der Waals surface area contributed by atoms with E-state index in [4.69, 9.17) is 19.1 Å². The summed E-state index contributed by atoms with van der Waals surface area (Å²) in [5, 5.41) is 0.286. The van der Waals surface area contributed by atoms with Gasteiger partial charge in [-0.3, -0.25) is 9.79 Å². The summed E-state index contributed by atoms with van der Waals surface area (Å²) in [6.07, 6.45) is 0. The Morgan fingerprint density at radius 3 is 2.50 bits per heavy atom. The highest BCUT2D eigenvalue weighted by Gasteiger charge is 2.25. The van der Waals surface area contributed by atoms with Crippen LogP contribution in [0.15, 0.2) is 33.5 Å². The van der Waals surface area contributed by atoms with Crippen LogP contribution in [0, 0.1) is 0 Å². The maximum Gasteiger partial charge on any atom is 0.747 e. The topological polar surface area (TPSA) is 144 Å². The minimum Gasteiger partial charge on any atom is -0.423 e. The molecule has 0 amide bonds. The van der Waals surface area contributed by atoms with Crippen LogP contribution in [-0.4, -0.2) is 14.7 Å². The number of hydrogen-bond donors (Lipinski definition) is 3. The van der Waals surface area contributed by atoms with Gasteiger partial charge in [0.15, 0.2) is 5.75 Å². The largest absolute Gasteiger partial charge is 0.747 e. The lowest BCUT2D eigenvalue weighted by Crippen LogP contribution is -1.97. The molecule has 0 saturated carbocycles. The van der Waals surface area contributed by atoms with Crippen molar-refractivity contribution in [2.24, 2.45) is 0 Å². The number of rotatable bonds is 4. The second-order valence-electron chi connectivity index (χ2n) is 3.50. The lowest BCUT2D eigenvalue weighted by atomic mass is 10.2. The van der Waals surface area contributed by atoms with E-state index in [2.05, 4.69) is 9.05 Å². The summed E-state index contributed by atoms with van der Waals surface area (Å²) in [7, 11) is -7.99. The van der Waals surface area contributed by atoms with Gasteiger partial charge in [0.2, 0.25) is 5.75 Å². The van der Waals surface area contributed by atoms with Gasteiger partial charge in [-0.25, -0.2) is 13.9 Å². The molecule has 1 heterocycles. The summed E-state index contributed by atoms with van der Waals surface area (Å²) < 4.78 is 35.1. The Balaban J connectivity index is 2.63. The molecule has 0 radical (unpaired) electrons. The van der Waals surface area contributed by atoms with E-state index in [0.29, 0.717) is 0 Å². The fourth-order valence-electron chi connectivity index (χ4n) is 1.43. The summed E-state index contributed by atoms with van der Waals surface area (Å²) >= 11 is 0. The van der Waals surface area contributed by atoms with Crippen LogP contribution in [-0.2, 0) is 9.13 Å². The van der Waals surface area contributed by atoms with Crippen LogP contribution in [0.2, 0.25) is 0 Å². The molecule has 1 unspecified atom stereocenters. The Labute approximate surface area is 111 Å². The van der Waals surface area contributed by atoms with Crippen molar-refractivity contribution < 1.29 is 37.3 Å². The third kappa shape index (κ3) is 3.63. The third-order valence-electron chi connectivity index (χ3n) is 2.08. The molecule has 0 fully saturated rings. The Morgan fingerprint density at radius 1 is 1.20 bits per heavy atom.